The third-order valence-corrected chi connectivity index (χ3v) is 4.05. The van der Waals surface area contributed by atoms with Crippen LogP contribution in [0, 0.1) is 3.57 Å². The topological polar surface area (TPSA) is 48.6 Å². The lowest BCUT2D eigenvalue weighted by molar-refractivity contribution is 1.21. The van der Waals surface area contributed by atoms with Crippen LogP contribution in [0.2, 0.25) is 0 Å². The Morgan fingerprint density at radius 1 is 1.33 bits per heavy atom. The minimum atomic E-state index is -0.173. The van der Waals surface area contributed by atoms with Crippen LogP contribution < -0.4 is 5.69 Å². The fourth-order valence-corrected chi connectivity index (χ4v) is 1.94. The summed E-state index contributed by atoms with van der Waals surface area (Å²) >= 11 is 5.60. The van der Waals surface area contributed by atoms with Gasteiger partial charge in [0.05, 0.1) is 15.5 Å². The van der Waals surface area contributed by atoms with Crippen molar-refractivity contribution in [1.29, 1.82) is 0 Å². The summed E-state index contributed by atoms with van der Waals surface area (Å²) in [5, 5.41) is 0. The minimum absolute atomic E-state index is 0.173. The first-order chi connectivity index (χ1) is 5.68. The van der Waals surface area contributed by atoms with Gasteiger partial charge >= 0.3 is 5.69 Å². The Bertz CT molecular complexity index is 488. The molecule has 2 aromatic rings. The number of rotatable bonds is 0. The van der Waals surface area contributed by atoms with Crippen LogP contribution in [0.1, 0.15) is 0 Å². The third kappa shape index (κ3) is 1.20. The zero-order valence-electron chi connectivity index (χ0n) is 5.82. The van der Waals surface area contributed by atoms with E-state index in [9.17, 15) is 4.79 Å². The maximum atomic E-state index is 10.9. The number of imidazole rings is 1. The van der Waals surface area contributed by atoms with Gasteiger partial charge in [0.2, 0.25) is 0 Å². The number of benzene rings is 1. The molecule has 0 saturated heterocycles. The zero-order valence-corrected chi connectivity index (χ0v) is 9.56. The lowest BCUT2D eigenvalue weighted by atomic mass is 10.3. The van der Waals surface area contributed by atoms with Crippen molar-refractivity contribution in [2.45, 2.75) is 0 Å². The summed E-state index contributed by atoms with van der Waals surface area (Å²) in [4.78, 5) is 16.3. The van der Waals surface area contributed by atoms with Crippen molar-refractivity contribution in [3.8, 4) is 0 Å². The molecule has 2 N–H and O–H groups in total. The molecule has 12 heavy (non-hydrogen) atoms. The molecule has 5 heteroatoms. The van der Waals surface area contributed by atoms with Crippen molar-refractivity contribution >= 4 is 49.6 Å². The Balaban J connectivity index is 2.99. The van der Waals surface area contributed by atoms with Crippen LogP contribution in [-0.4, -0.2) is 9.97 Å². The third-order valence-electron chi connectivity index (χ3n) is 1.58. The lowest BCUT2D eigenvalue weighted by Crippen LogP contribution is -1.99. The molecule has 62 valence electrons. The van der Waals surface area contributed by atoms with Crippen molar-refractivity contribution in [3.63, 3.8) is 0 Å². The summed E-state index contributed by atoms with van der Waals surface area (Å²) < 4.78 is 2.01. The largest absolute Gasteiger partial charge is 0.323 e. The molecule has 0 spiro atoms. The highest BCUT2D eigenvalue weighted by molar-refractivity contribution is 14.1. The Morgan fingerprint density at radius 2 is 2.08 bits per heavy atom. The van der Waals surface area contributed by atoms with Gasteiger partial charge in [-0.05, 0) is 50.7 Å². The van der Waals surface area contributed by atoms with E-state index in [0.29, 0.717) is 0 Å². The monoisotopic (exact) mass is 338 g/mol. The lowest BCUT2D eigenvalue weighted by Gasteiger charge is -1.95. The van der Waals surface area contributed by atoms with Gasteiger partial charge in [0.25, 0.3) is 0 Å². The first-order valence-corrected chi connectivity index (χ1v) is 5.11. The fourth-order valence-electron chi connectivity index (χ4n) is 1.04. The molecule has 0 atom stereocenters. The summed E-state index contributed by atoms with van der Waals surface area (Å²) in [6, 6.07) is 3.82. The van der Waals surface area contributed by atoms with Crippen molar-refractivity contribution in [2.75, 3.05) is 0 Å². The number of fused-ring (bicyclic) bond motifs is 1. The SMILES string of the molecule is O=c1[nH]c2ccc(I)c(Br)c2[nH]1. The number of halogens is 2. The molecule has 0 radical (unpaired) electrons. The molecule has 1 aromatic carbocycles. The molecule has 1 heterocycles. The predicted octanol–water partition coefficient (Wildman–Crippen LogP) is 2.22. The van der Waals surface area contributed by atoms with E-state index < -0.39 is 0 Å². The normalized spacial score (nSPS) is 10.8. The first-order valence-electron chi connectivity index (χ1n) is 3.24. The summed E-state index contributed by atoms with van der Waals surface area (Å²) in [7, 11) is 0. The number of H-pyrrole nitrogens is 2. The van der Waals surface area contributed by atoms with Crippen LogP contribution in [0.15, 0.2) is 21.4 Å². The van der Waals surface area contributed by atoms with E-state index in [1.165, 1.54) is 0 Å². The van der Waals surface area contributed by atoms with Gasteiger partial charge in [-0.25, -0.2) is 4.79 Å². The van der Waals surface area contributed by atoms with E-state index in [4.69, 9.17) is 0 Å². The summed E-state index contributed by atoms with van der Waals surface area (Å²) in [5.41, 5.74) is 1.48. The van der Waals surface area contributed by atoms with E-state index in [0.717, 1.165) is 19.1 Å². The van der Waals surface area contributed by atoms with Gasteiger partial charge < -0.3 is 9.97 Å². The van der Waals surface area contributed by atoms with E-state index in [-0.39, 0.29) is 5.69 Å². The standard InChI is InChI=1S/C7H4BrIN2O/c8-5-3(9)1-2-4-6(5)11-7(12)10-4/h1-2H,(H2,10,11,12). The molecular weight excluding hydrogens is 335 g/mol. The average molecular weight is 339 g/mol. The van der Waals surface area contributed by atoms with Crippen molar-refractivity contribution in [2.24, 2.45) is 0 Å². The molecule has 0 saturated carbocycles. The maximum Gasteiger partial charge on any atom is 0.323 e. The number of aromatic nitrogens is 2. The Morgan fingerprint density at radius 3 is 2.83 bits per heavy atom. The fraction of sp³-hybridized carbons (Fsp3) is 0. The smallest absolute Gasteiger partial charge is 0.306 e. The highest BCUT2D eigenvalue weighted by atomic mass is 127. The quantitative estimate of drug-likeness (QED) is 0.711. The van der Waals surface area contributed by atoms with Crippen LogP contribution in [0.3, 0.4) is 0 Å². The number of nitrogens with one attached hydrogen (secondary N) is 2. The highest BCUT2D eigenvalue weighted by Gasteiger charge is 2.04. The van der Waals surface area contributed by atoms with Gasteiger partial charge in [-0.1, -0.05) is 0 Å². The number of hydrogen-bond donors (Lipinski definition) is 2. The molecule has 1 aromatic heterocycles. The highest BCUT2D eigenvalue weighted by Crippen LogP contribution is 2.25. The maximum absolute atomic E-state index is 10.9. The van der Waals surface area contributed by atoms with Gasteiger partial charge in [0, 0.05) is 3.57 Å². The van der Waals surface area contributed by atoms with E-state index in [2.05, 4.69) is 48.5 Å². The van der Waals surface area contributed by atoms with Gasteiger partial charge in [0.1, 0.15) is 0 Å². The van der Waals surface area contributed by atoms with Crippen LogP contribution in [0.25, 0.3) is 11.0 Å². The molecule has 0 aliphatic heterocycles. The average Bonchev–Trinajstić information content (AvgIpc) is 2.39. The molecule has 3 nitrogen and oxygen atoms in total. The van der Waals surface area contributed by atoms with Crippen LogP contribution in [0.5, 0.6) is 0 Å². The van der Waals surface area contributed by atoms with Crippen LogP contribution in [-0.2, 0) is 0 Å². The number of aromatic amines is 2. The second-order valence-electron chi connectivity index (χ2n) is 2.36. The molecule has 2 rings (SSSR count). The zero-order chi connectivity index (χ0) is 8.72. The van der Waals surface area contributed by atoms with Gasteiger partial charge in [-0.3, -0.25) is 0 Å². The van der Waals surface area contributed by atoms with Crippen molar-refractivity contribution in [1.82, 2.24) is 9.97 Å². The Kier molecular flexibility index (Phi) is 1.99. The molecular formula is C7H4BrIN2O. The molecule has 0 aliphatic rings. The molecule has 0 bridgehead atoms. The Labute approximate surface area is 89.8 Å². The molecule has 0 amide bonds. The van der Waals surface area contributed by atoms with Gasteiger partial charge in [-0.15, -0.1) is 0 Å². The number of hydrogen-bond acceptors (Lipinski definition) is 1. The van der Waals surface area contributed by atoms with Gasteiger partial charge in [-0.2, -0.15) is 0 Å². The van der Waals surface area contributed by atoms with Crippen molar-refractivity contribution < 1.29 is 0 Å². The summed E-state index contributed by atoms with van der Waals surface area (Å²) in [6.45, 7) is 0. The van der Waals surface area contributed by atoms with Crippen molar-refractivity contribution in [3.05, 3.63) is 30.7 Å². The first kappa shape index (κ1) is 8.31. The van der Waals surface area contributed by atoms with E-state index in [1.807, 2.05) is 12.1 Å². The van der Waals surface area contributed by atoms with E-state index >= 15 is 0 Å². The predicted molar refractivity (Wildman–Crippen MR) is 59.3 cm³/mol. The summed E-state index contributed by atoms with van der Waals surface area (Å²) in [5.74, 6) is 0. The molecule has 0 fully saturated rings. The summed E-state index contributed by atoms with van der Waals surface area (Å²) in [6.07, 6.45) is 0. The van der Waals surface area contributed by atoms with E-state index in [1.54, 1.807) is 0 Å². The second-order valence-corrected chi connectivity index (χ2v) is 4.32. The molecule has 0 aliphatic carbocycles. The van der Waals surface area contributed by atoms with Gasteiger partial charge in [0.15, 0.2) is 0 Å². The van der Waals surface area contributed by atoms with Crippen LogP contribution >= 0.6 is 38.5 Å². The Hall–Kier alpha value is -0.300. The second kappa shape index (κ2) is 2.88. The molecule has 0 unspecified atom stereocenters. The minimum Gasteiger partial charge on any atom is -0.306 e. The van der Waals surface area contributed by atoms with Crippen LogP contribution in [0.4, 0.5) is 0 Å².